The van der Waals surface area contributed by atoms with Crippen molar-refractivity contribution in [2.24, 2.45) is 5.41 Å². The molecule has 5 heteroatoms. The van der Waals surface area contributed by atoms with Gasteiger partial charge in [-0.1, -0.05) is 30.3 Å². The van der Waals surface area contributed by atoms with E-state index in [9.17, 15) is 14.4 Å². The van der Waals surface area contributed by atoms with Gasteiger partial charge in [-0.2, -0.15) is 0 Å². The Morgan fingerprint density at radius 2 is 1.43 bits per heavy atom. The SMILES string of the molecule is CCOC(=O)C(C)(CC(=O)c1ccccc1)C(=O)OCC. The fourth-order valence-electron chi connectivity index (χ4n) is 1.86. The van der Waals surface area contributed by atoms with Crippen LogP contribution in [-0.4, -0.2) is 30.9 Å². The van der Waals surface area contributed by atoms with Gasteiger partial charge in [0.15, 0.2) is 11.2 Å². The third kappa shape index (κ3) is 4.15. The number of ketones is 1. The minimum absolute atomic E-state index is 0.132. The number of esters is 2. The Labute approximate surface area is 124 Å². The van der Waals surface area contributed by atoms with E-state index in [-0.39, 0.29) is 25.4 Å². The zero-order chi connectivity index (χ0) is 15.9. The van der Waals surface area contributed by atoms with Crippen molar-refractivity contribution in [3.8, 4) is 0 Å². The van der Waals surface area contributed by atoms with Gasteiger partial charge in [0, 0.05) is 12.0 Å². The van der Waals surface area contributed by atoms with Crippen molar-refractivity contribution in [3.05, 3.63) is 35.9 Å². The van der Waals surface area contributed by atoms with Gasteiger partial charge in [0.2, 0.25) is 0 Å². The van der Waals surface area contributed by atoms with Gasteiger partial charge in [-0.15, -0.1) is 0 Å². The number of ether oxygens (including phenoxy) is 2. The van der Waals surface area contributed by atoms with Gasteiger partial charge in [-0.25, -0.2) is 0 Å². The summed E-state index contributed by atoms with van der Waals surface area (Å²) in [4.78, 5) is 36.4. The second-order valence-corrected chi connectivity index (χ2v) is 4.74. The maximum atomic E-state index is 12.3. The minimum Gasteiger partial charge on any atom is -0.465 e. The van der Waals surface area contributed by atoms with Crippen LogP contribution in [0.2, 0.25) is 0 Å². The molecule has 1 aromatic rings. The maximum Gasteiger partial charge on any atom is 0.323 e. The van der Waals surface area contributed by atoms with Crippen molar-refractivity contribution < 1.29 is 23.9 Å². The molecule has 0 aromatic heterocycles. The van der Waals surface area contributed by atoms with Crippen molar-refractivity contribution >= 4 is 17.7 Å². The third-order valence-corrected chi connectivity index (χ3v) is 3.06. The Balaban J connectivity index is 2.99. The first-order chi connectivity index (χ1) is 9.95. The van der Waals surface area contributed by atoms with Crippen LogP contribution in [0, 0.1) is 5.41 Å². The van der Waals surface area contributed by atoms with E-state index >= 15 is 0 Å². The molecule has 0 unspecified atom stereocenters. The van der Waals surface area contributed by atoms with Crippen LogP contribution in [0.1, 0.15) is 37.6 Å². The fourth-order valence-corrected chi connectivity index (χ4v) is 1.86. The largest absolute Gasteiger partial charge is 0.465 e. The summed E-state index contributed by atoms with van der Waals surface area (Å²) < 4.78 is 9.84. The van der Waals surface area contributed by atoms with Crippen LogP contribution in [0.5, 0.6) is 0 Å². The van der Waals surface area contributed by atoms with Crippen LogP contribution >= 0.6 is 0 Å². The van der Waals surface area contributed by atoms with E-state index in [0.29, 0.717) is 5.56 Å². The molecular formula is C16H20O5. The monoisotopic (exact) mass is 292 g/mol. The van der Waals surface area contributed by atoms with Crippen LogP contribution in [-0.2, 0) is 19.1 Å². The van der Waals surface area contributed by atoms with E-state index in [0.717, 1.165) is 0 Å². The van der Waals surface area contributed by atoms with Gasteiger partial charge < -0.3 is 9.47 Å². The molecule has 0 spiro atoms. The number of hydrogen-bond donors (Lipinski definition) is 0. The van der Waals surface area contributed by atoms with Gasteiger partial charge in [0.25, 0.3) is 0 Å². The summed E-state index contributed by atoms with van der Waals surface area (Å²) in [5, 5.41) is 0. The van der Waals surface area contributed by atoms with Gasteiger partial charge >= 0.3 is 11.9 Å². The predicted octanol–water partition coefficient (Wildman–Crippen LogP) is 2.39. The summed E-state index contributed by atoms with van der Waals surface area (Å²) in [7, 11) is 0. The maximum absolute atomic E-state index is 12.3. The lowest BCUT2D eigenvalue weighted by molar-refractivity contribution is -0.170. The van der Waals surface area contributed by atoms with E-state index in [4.69, 9.17) is 9.47 Å². The molecule has 21 heavy (non-hydrogen) atoms. The number of hydrogen-bond acceptors (Lipinski definition) is 5. The number of carbonyl (C=O) groups is 3. The van der Waals surface area contributed by atoms with E-state index in [2.05, 4.69) is 0 Å². The van der Waals surface area contributed by atoms with Gasteiger partial charge in [0.1, 0.15) is 0 Å². The fraction of sp³-hybridized carbons (Fsp3) is 0.438. The lowest BCUT2D eigenvalue weighted by atomic mass is 9.83. The normalized spacial score (nSPS) is 10.8. The second-order valence-electron chi connectivity index (χ2n) is 4.74. The summed E-state index contributed by atoms with van der Waals surface area (Å²) >= 11 is 0. The molecular weight excluding hydrogens is 272 g/mol. The number of rotatable bonds is 7. The summed E-state index contributed by atoms with van der Waals surface area (Å²) in [5.41, 5.74) is -1.18. The zero-order valence-corrected chi connectivity index (χ0v) is 12.5. The van der Waals surface area contributed by atoms with Crippen molar-refractivity contribution in [2.45, 2.75) is 27.2 Å². The van der Waals surface area contributed by atoms with Gasteiger partial charge in [-0.05, 0) is 20.8 Å². The van der Waals surface area contributed by atoms with Crippen LogP contribution in [0.4, 0.5) is 0 Å². The first kappa shape index (κ1) is 16.9. The number of benzene rings is 1. The Hall–Kier alpha value is -2.17. The predicted molar refractivity (Wildman–Crippen MR) is 76.8 cm³/mol. The molecule has 0 fully saturated rings. The molecule has 0 radical (unpaired) electrons. The topological polar surface area (TPSA) is 69.7 Å². The van der Waals surface area contributed by atoms with Crippen LogP contribution < -0.4 is 0 Å². The highest BCUT2D eigenvalue weighted by atomic mass is 16.6. The molecule has 114 valence electrons. The smallest absolute Gasteiger partial charge is 0.323 e. The van der Waals surface area contributed by atoms with Crippen LogP contribution in [0.25, 0.3) is 0 Å². The van der Waals surface area contributed by atoms with Gasteiger partial charge in [0.05, 0.1) is 13.2 Å². The first-order valence-electron chi connectivity index (χ1n) is 6.88. The summed E-state index contributed by atoms with van der Waals surface area (Å²) in [6.45, 7) is 4.93. The zero-order valence-electron chi connectivity index (χ0n) is 12.5. The summed E-state index contributed by atoms with van der Waals surface area (Å²) in [6.07, 6.45) is -0.283. The van der Waals surface area contributed by atoms with E-state index in [1.54, 1.807) is 44.2 Å². The lowest BCUT2D eigenvalue weighted by Crippen LogP contribution is -2.41. The van der Waals surface area contributed by atoms with Crippen molar-refractivity contribution in [2.75, 3.05) is 13.2 Å². The average molecular weight is 292 g/mol. The molecule has 1 aromatic carbocycles. The highest BCUT2D eigenvalue weighted by Crippen LogP contribution is 2.27. The van der Waals surface area contributed by atoms with Gasteiger partial charge in [-0.3, -0.25) is 14.4 Å². The van der Waals surface area contributed by atoms with E-state index in [1.165, 1.54) is 6.92 Å². The highest BCUT2D eigenvalue weighted by Gasteiger charge is 2.46. The molecule has 0 aliphatic heterocycles. The quantitative estimate of drug-likeness (QED) is 0.438. The summed E-state index contributed by atoms with van der Waals surface area (Å²) in [6, 6.07) is 8.50. The first-order valence-corrected chi connectivity index (χ1v) is 6.88. The van der Waals surface area contributed by atoms with Crippen molar-refractivity contribution in [3.63, 3.8) is 0 Å². The number of Topliss-reactive ketones (excluding diaryl/α,β-unsaturated/α-hetero) is 1. The lowest BCUT2D eigenvalue weighted by Gasteiger charge is -2.24. The molecule has 0 aliphatic carbocycles. The van der Waals surface area contributed by atoms with Crippen LogP contribution in [0.15, 0.2) is 30.3 Å². The second kappa shape index (κ2) is 7.57. The summed E-state index contributed by atoms with van der Waals surface area (Å²) in [5.74, 6) is -1.79. The molecule has 1 rings (SSSR count). The van der Waals surface area contributed by atoms with E-state index < -0.39 is 17.4 Å². The van der Waals surface area contributed by atoms with E-state index in [1.807, 2.05) is 0 Å². The van der Waals surface area contributed by atoms with Crippen molar-refractivity contribution in [1.29, 1.82) is 0 Å². The Bertz CT molecular complexity index is 489. The Kier molecular flexibility index (Phi) is 6.09. The average Bonchev–Trinajstić information content (AvgIpc) is 2.48. The molecule has 0 aliphatic rings. The molecule has 0 saturated carbocycles. The Morgan fingerprint density at radius 1 is 0.952 bits per heavy atom. The molecule has 0 N–H and O–H groups in total. The minimum atomic E-state index is -1.63. The van der Waals surface area contributed by atoms with Crippen molar-refractivity contribution in [1.82, 2.24) is 0 Å². The van der Waals surface area contributed by atoms with Crippen LogP contribution in [0.3, 0.4) is 0 Å². The third-order valence-electron chi connectivity index (χ3n) is 3.06. The molecule has 0 bridgehead atoms. The molecule has 0 amide bonds. The standard InChI is InChI=1S/C16H20O5/c1-4-20-14(18)16(3,15(19)21-5-2)11-13(17)12-9-7-6-8-10-12/h6-10H,4-5,11H2,1-3H3. The Morgan fingerprint density at radius 3 is 1.86 bits per heavy atom. The molecule has 0 atom stereocenters. The molecule has 0 heterocycles. The molecule has 0 saturated heterocycles. The number of carbonyl (C=O) groups excluding carboxylic acids is 3. The molecule has 5 nitrogen and oxygen atoms in total. The highest BCUT2D eigenvalue weighted by molar-refractivity contribution is 6.07.